The molecule has 3 aromatic rings. The molecule has 2 N–H and O–H groups in total. The second-order valence-electron chi connectivity index (χ2n) is 9.09. The maximum Gasteiger partial charge on any atom is 0.321 e. The summed E-state index contributed by atoms with van der Waals surface area (Å²) in [5.41, 5.74) is 2.47. The van der Waals surface area contributed by atoms with E-state index in [1.165, 1.54) is 19.1 Å². The number of nitrogens with zero attached hydrogens (tertiary/aromatic N) is 3. The number of benzene rings is 2. The monoisotopic (exact) mass is 466 g/mol. The van der Waals surface area contributed by atoms with Crippen LogP contribution in [0.2, 0.25) is 0 Å². The number of hydrogen-bond donors (Lipinski definition) is 2. The Bertz CT molecular complexity index is 1300. The van der Waals surface area contributed by atoms with Gasteiger partial charge in [0.1, 0.15) is 11.6 Å². The highest BCUT2D eigenvalue weighted by Crippen LogP contribution is 2.49. The van der Waals surface area contributed by atoms with E-state index in [2.05, 4.69) is 5.32 Å². The zero-order chi connectivity index (χ0) is 24.2. The van der Waals surface area contributed by atoms with Gasteiger partial charge in [-0.3, -0.25) is 4.79 Å². The van der Waals surface area contributed by atoms with Crippen molar-refractivity contribution >= 4 is 28.5 Å². The number of fused-ring (bicyclic) bond motifs is 4. The normalized spacial score (nSPS) is 18.6. The molecular weight excluding hydrogens is 439 g/mol. The van der Waals surface area contributed by atoms with Gasteiger partial charge < -0.3 is 29.5 Å². The molecule has 1 atom stereocenters. The maximum absolute atomic E-state index is 14.0. The number of anilines is 1. The van der Waals surface area contributed by atoms with Crippen LogP contribution in [0.5, 0.6) is 5.75 Å². The molecule has 3 heterocycles. The highest BCUT2D eigenvalue weighted by atomic mass is 19.1. The van der Waals surface area contributed by atoms with Gasteiger partial charge in [-0.05, 0) is 29.8 Å². The number of methoxy groups -OCH3 is 1. The molecule has 3 amide bonds. The minimum Gasteiger partial charge on any atom is -0.497 e. The van der Waals surface area contributed by atoms with Crippen LogP contribution < -0.4 is 10.1 Å². The Balaban J connectivity index is 1.55. The average Bonchev–Trinajstić information content (AvgIpc) is 3.10. The minimum atomic E-state index is -0.498. The first-order chi connectivity index (χ1) is 16.3. The van der Waals surface area contributed by atoms with Crippen molar-refractivity contribution < 1.29 is 23.8 Å². The van der Waals surface area contributed by atoms with Crippen LogP contribution in [-0.2, 0) is 17.3 Å². The summed E-state index contributed by atoms with van der Waals surface area (Å²) in [7, 11) is 3.53. The third kappa shape index (κ3) is 3.22. The van der Waals surface area contributed by atoms with Crippen LogP contribution in [0.25, 0.3) is 10.9 Å². The fraction of sp³-hybridized carbons (Fsp3) is 0.360. The third-order valence-electron chi connectivity index (χ3n) is 7.12. The quantitative estimate of drug-likeness (QED) is 0.621. The number of aliphatic hydroxyl groups excluding tert-OH is 1. The molecule has 0 saturated carbocycles. The number of aryl methyl sites for hydroxylation is 1. The summed E-state index contributed by atoms with van der Waals surface area (Å²) >= 11 is 0. The van der Waals surface area contributed by atoms with Gasteiger partial charge in [0, 0.05) is 50.8 Å². The lowest BCUT2D eigenvalue weighted by molar-refractivity contribution is -0.136. The maximum atomic E-state index is 14.0. The summed E-state index contributed by atoms with van der Waals surface area (Å²) in [5.74, 6) is 0.0757. The van der Waals surface area contributed by atoms with E-state index in [1.54, 1.807) is 29.0 Å². The van der Waals surface area contributed by atoms with Crippen LogP contribution in [0, 0.1) is 5.82 Å². The number of carbonyl (C=O) groups excluding carboxylic acids is 2. The molecule has 178 valence electrons. The van der Waals surface area contributed by atoms with Crippen LogP contribution in [-0.4, -0.2) is 64.8 Å². The largest absolute Gasteiger partial charge is 0.497 e. The Kier molecular flexibility index (Phi) is 5.24. The number of aliphatic hydroxyl groups is 1. The Hall–Kier alpha value is -3.59. The Morgan fingerprint density at radius 3 is 2.59 bits per heavy atom. The molecule has 0 unspecified atom stereocenters. The van der Waals surface area contributed by atoms with Gasteiger partial charge in [-0.25, -0.2) is 9.18 Å². The number of para-hydroxylation sites is 1. The van der Waals surface area contributed by atoms with E-state index in [9.17, 15) is 19.1 Å². The fourth-order valence-corrected chi connectivity index (χ4v) is 5.53. The van der Waals surface area contributed by atoms with Crippen LogP contribution in [0.1, 0.15) is 24.2 Å². The second-order valence-corrected chi connectivity index (χ2v) is 9.09. The molecule has 8 nitrogen and oxygen atoms in total. The number of aromatic nitrogens is 1. The van der Waals surface area contributed by atoms with Crippen LogP contribution in [0.3, 0.4) is 0 Å². The summed E-state index contributed by atoms with van der Waals surface area (Å²) in [6.45, 7) is 2.41. The number of halogens is 1. The van der Waals surface area contributed by atoms with E-state index < -0.39 is 23.3 Å². The number of amides is 3. The predicted molar refractivity (Wildman–Crippen MR) is 125 cm³/mol. The number of urea groups is 1. The first-order valence-electron chi connectivity index (χ1n) is 11.1. The Labute approximate surface area is 196 Å². The first kappa shape index (κ1) is 22.2. The van der Waals surface area contributed by atoms with Gasteiger partial charge >= 0.3 is 6.03 Å². The van der Waals surface area contributed by atoms with E-state index >= 15 is 0 Å². The van der Waals surface area contributed by atoms with Crippen molar-refractivity contribution in [3.63, 3.8) is 0 Å². The van der Waals surface area contributed by atoms with Gasteiger partial charge in [0.2, 0.25) is 5.91 Å². The molecule has 9 heteroatoms. The Morgan fingerprint density at radius 1 is 1.21 bits per heavy atom. The molecule has 1 fully saturated rings. The molecule has 2 aromatic carbocycles. The van der Waals surface area contributed by atoms with Crippen molar-refractivity contribution in [3.8, 4) is 5.75 Å². The lowest BCUT2D eigenvalue weighted by atomic mass is 9.68. The number of rotatable bonds is 3. The van der Waals surface area contributed by atoms with Crippen molar-refractivity contribution in [1.82, 2.24) is 14.4 Å². The van der Waals surface area contributed by atoms with Crippen LogP contribution in [0.15, 0.2) is 42.5 Å². The molecule has 1 spiro atoms. The molecule has 0 aliphatic carbocycles. The summed E-state index contributed by atoms with van der Waals surface area (Å²) in [4.78, 5) is 28.8. The smallest absolute Gasteiger partial charge is 0.321 e. The summed E-state index contributed by atoms with van der Waals surface area (Å²) in [6, 6.07) is 11.0. The molecule has 2 aliphatic rings. The fourth-order valence-electron chi connectivity index (χ4n) is 5.53. The molecule has 0 bridgehead atoms. The third-order valence-corrected chi connectivity index (χ3v) is 7.12. The van der Waals surface area contributed by atoms with Crippen molar-refractivity contribution in [1.29, 1.82) is 0 Å². The van der Waals surface area contributed by atoms with E-state index in [0.29, 0.717) is 25.4 Å². The first-order valence-corrected chi connectivity index (χ1v) is 11.1. The van der Waals surface area contributed by atoms with Gasteiger partial charge in [0.25, 0.3) is 0 Å². The van der Waals surface area contributed by atoms with Crippen molar-refractivity contribution in [2.45, 2.75) is 18.4 Å². The van der Waals surface area contributed by atoms with E-state index in [4.69, 9.17) is 4.74 Å². The molecule has 0 radical (unpaired) electrons. The van der Waals surface area contributed by atoms with Gasteiger partial charge in [0.05, 0.1) is 36.4 Å². The van der Waals surface area contributed by atoms with Gasteiger partial charge in [-0.15, -0.1) is 0 Å². The molecule has 1 aromatic heterocycles. The number of carbonyl (C=O) groups is 2. The number of nitrogens with one attached hydrogen (secondary N) is 1. The molecular formula is C25H27FN4O4. The van der Waals surface area contributed by atoms with E-state index in [-0.39, 0.29) is 18.2 Å². The van der Waals surface area contributed by atoms with Crippen molar-refractivity contribution in [2.24, 2.45) is 7.05 Å². The molecule has 1 saturated heterocycles. The van der Waals surface area contributed by atoms with Gasteiger partial charge in [-0.2, -0.15) is 0 Å². The van der Waals surface area contributed by atoms with Crippen LogP contribution in [0.4, 0.5) is 14.9 Å². The SMILES string of the molecule is COc1ccc2c3c(n(C)c2c1)[C@H](CO)N(C(C)=O)CC31CN(C(=O)Nc2ccccc2F)C1. The number of ether oxygens (including phenoxy) is 1. The highest BCUT2D eigenvalue weighted by Gasteiger charge is 2.55. The van der Waals surface area contributed by atoms with Gasteiger partial charge in [-0.1, -0.05) is 12.1 Å². The zero-order valence-corrected chi connectivity index (χ0v) is 19.3. The van der Waals surface area contributed by atoms with Crippen molar-refractivity contribution in [2.75, 3.05) is 38.7 Å². The molecule has 2 aliphatic heterocycles. The van der Waals surface area contributed by atoms with Crippen molar-refractivity contribution in [3.05, 3.63) is 59.5 Å². The minimum absolute atomic E-state index is 0.126. The number of hydrogen-bond acceptors (Lipinski definition) is 4. The number of likely N-dealkylation sites (tertiary alicyclic amines) is 1. The standard InChI is InChI=1S/C25H27FN4O4/c1-15(32)30-14-25(12-29(13-25)24(33)27-19-7-5-4-6-18(19)26)22-17-9-8-16(34-3)10-20(17)28(2)23(22)21(30)11-31/h4-10,21,31H,11-14H2,1-3H3,(H,27,33)/t21-/m0/s1. The highest BCUT2D eigenvalue weighted by molar-refractivity contribution is 5.93. The zero-order valence-electron chi connectivity index (χ0n) is 19.3. The summed E-state index contributed by atoms with van der Waals surface area (Å²) in [5, 5.41) is 13.9. The van der Waals surface area contributed by atoms with Crippen LogP contribution >= 0.6 is 0 Å². The summed E-state index contributed by atoms with van der Waals surface area (Å²) in [6.07, 6.45) is 0. The van der Waals surface area contributed by atoms with Gasteiger partial charge in [0.15, 0.2) is 0 Å². The lowest BCUT2D eigenvalue weighted by Gasteiger charge is -2.56. The second kappa shape index (κ2) is 8.02. The topological polar surface area (TPSA) is 87.0 Å². The predicted octanol–water partition coefficient (Wildman–Crippen LogP) is 3.01. The molecule has 34 heavy (non-hydrogen) atoms. The van der Waals surface area contributed by atoms with E-state index in [1.807, 2.05) is 29.8 Å². The van der Waals surface area contributed by atoms with E-state index in [0.717, 1.165) is 22.2 Å². The average molecular weight is 467 g/mol. The summed E-state index contributed by atoms with van der Waals surface area (Å²) < 4.78 is 21.4. The lowest BCUT2D eigenvalue weighted by Crippen LogP contribution is -2.68. The Morgan fingerprint density at radius 2 is 1.94 bits per heavy atom. The molecule has 5 rings (SSSR count).